The summed E-state index contributed by atoms with van der Waals surface area (Å²) in [5, 5.41) is 15.8. The molecule has 0 atom stereocenters. The van der Waals surface area contributed by atoms with Crippen molar-refractivity contribution < 1.29 is 95.5 Å². The monoisotopic (exact) mass is 1040 g/mol. The first kappa shape index (κ1) is 85.5. The van der Waals surface area contributed by atoms with Crippen molar-refractivity contribution in [1.29, 1.82) is 0 Å². The average molecular weight is 1040 g/mol. The molecule has 0 spiro atoms. The summed E-state index contributed by atoms with van der Waals surface area (Å²) >= 11 is 7.88. The summed E-state index contributed by atoms with van der Waals surface area (Å²) in [6.45, 7) is 32.4. The Balaban J connectivity index is -0.0000000850. The second-order valence-electron chi connectivity index (χ2n) is 14.7. The zero-order chi connectivity index (χ0) is 53.7. The molecule has 0 radical (unpaired) electrons. The Bertz CT molecular complexity index is 1280. The third-order valence-corrected chi connectivity index (χ3v) is 8.22. The number of carboxylic acids is 2. The molecule has 0 amide bonds. The largest absolute Gasteiger partial charge is 1.00 e. The van der Waals surface area contributed by atoms with Crippen LogP contribution >= 0.6 is 25.3 Å². The molecule has 0 aliphatic rings. The maximum atomic E-state index is 10.5. The molecule has 0 fully saturated rings. The number of methoxy groups -OCH3 is 1. The minimum atomic E-state index is -4.67. The third kappa shape index (κ3) is 125. The maximum Gasteiger partial charge on any atom is 1.00 e. The molecule has 0 unspecified atom stereocenters. The predicted molar refractivity (Wildman–Crippen MR) is 284 cm³/mol. The van der Waals surface area contributed by atoms with Crippen LogP contribution in [0.1, 0.15) is 189 Å². The van der Waals surface area contributed by atoms with Gasteiger partial charge in [-0.05, 0) is 39.4 Å². The molecule has 0 heterocycles. The maximum absolute atomic E-state index is 10.5. The van der Waals surface area contributed by atoms with Crippen molar-refractivity contribution >= 4 is 65.5 Å². The van der Waals surface area contributed by atoms with Gasteiger partial charge in [-0.15, -0.1) is 0 Å². The standard InChI is InChI=1S/C12H26S.C12H25.C7H10O2.C7H12O2.C5H8O2.C4H6O2.C3H6O2S.Na.H2O4S/c1-2-3-4-5-6-7-8-9-10-11-12-13;1-3-5-7-9-11-12-10-8-6-4-2;1-4-5-9-7(8)6(2)3;1-3-5-6-9-7(8)4-2;1-4(2)5(6)7-3;1-3(2)4(5)6;4-3(5)1-2-6;;1-5(2,3)4/h13H,2-12H2,1H3;1,3-12H2,2H3;4H,1-2,5H2,3H3;4H,2-3,5-6H2,1H3;1H2,2-3H3;1H2,2H3,(H,5,6);6H,1-2H2,(H,4,5);;(H2,1,2,3,4)/q;-1;;;;;;+1;. The van der Waals surface area contributed by atoms with E-state index in [0.29, 0.717) is 23.5 Å². The van der Waals surface area contributed by atoms with Crippen molar-refractivity contribution in [3.8, 4) is 0 Å². The molecule has 0 aliphatic carbocycles. The van der Waals surface area contributed by atoms with E-state index in [4.69, 9.17) is 27.7 Å². The fraction of sp³-hybridized carbons (Fsp3) is 0.680. The van der Waals surface area contributed by atoms with E-state index < -0.39 is 22.3 Å². The van der Waals surface area contributed by atoms with Crippen LogP contribution in [0.2, 0.25) is 0 Å². The quantitative estimate of drug-likeness (QED) is 0.00453. The van der Waals surface area contributed by atoms with E-state index in [0.717, 1.165) is 25.0 Å². The van der Waals surface area contributed by atoms with Crippen molar-refractivity contribution in [2.24, 2.45) is 0 Å². The second-order valence-corrected chi connectivity index (χ2v) is 16.4. The van der Waals surface area contributed by atoms with Gasteiger partial charge in [0.1, 0.15) is 6.61 Å². The van der Waals surface area contributed by atoms with Crippen molar-refractivity contribution in [3.63, 3.8) is 0 Å². The van der Waals surface area contributed by atoms with E-state index in [2.05, 4.69) is 93.1 Å². The molecule has 4 N–H and O–H groups in total. The molecule has 0 aliphatic heterocycles. The van der Waals surface area contributed by atoms with Gasteiger partial charge in [0.2, 0.25) is 0 Å². The van der Waals surface area contributed by atoms with Gasteiger partial charge < -0.3 is 31.3 Å². The Kier molecular flexibility index (Phi) is 92.5. The SMILES string of the molecule is C=C(C)C(=O)O.C=C(C)C(=O)OC.C=CC(=O)OCCCC.C=CCOC(=O)C(=C)C.CCCCCCCCCCCCS.O=C(O)CCS.O=S(=O)(O)O.[CH2-]CCCCCCCCCCC.[Na+]. The molecule has 0 aromatic carbocycles. The van der Waals surface area contributed by atoms with Crippen molar-refractivity contribution in [2.45, 2.75) is 189 Å². The molecule has 68 heavy (non-hydrogen) atoms. The average Bonchev–Trinajstić information content (AvgIpc) is 3.26. The van der Waals surface area contributed by atoms with Crippen LogP contribution in [0.4, 0.5) is 0 Å². The number of hydrogen-bond donors (Lipinski definition) is 6. The van der Waals surface area contributed by atoms with Crippen LogP contribution in [0.3, 0.4) is 0 Å². The number of unbranched alkanes of at least 4 members (excludes halogenated alkanes) is 19. The number of carbonyl (C=O) groups excluding carboxylic acids is 3. The molecule has 0 aromatic heterocycles. The van der Waals surface area contributed by atoms with Gasteiger partial charge in [0.25, 0.3) is 0 Å². The van der Waals surface area contributed by atoms with Crippen molar-refractivity contribution in [3.05, 3.63) is 68.7 Å². The van der Waals surface area contributed by atoms with Gasteiger partial charge in [-0.1, -0.05) is 182 Å². The predicted octanol–water partition coefficient (Wildman–Crippen LogP) is 10.5. The fourth-order valence-corrected chi connectivity index (χ4v) is 4.41. The number of aliphatic carboxylic acids is 2. The van der Waals surface area contributed by atoms with Crippen LogP contribution in [0.5, 0.6) is 0 Å². The summed E-state index contributed by atoms with van der Waals surface area (Å²) in [5.41, 5.74) is 1.02. The molecule has 14 nitrogen and oxygen atoms in total. The van der Waals surface area contributed by atoms with Gasteiger partial charge in [-0.3, -0.25) is 13.9 Å². The van der Waals surface area contributed by atoms with E-state index in [1.165, 1.54) is 148 Å². The fourth-order valence-electron chi connectivity index (χ4n) is 3.99. The number of rotatable bonds is 30. The Labute approximate surface area is 447 Å². The van der Waals surface area contributed by atoms with E-state index in [9.17, 15) is 24.0 Å². The molecule has 398 valence electrons. The number of ether oxygens (including phenoxy) is 3. The first-order chi connectivity index (χ1) is 31.4. The minimum absolute atomic E-state index is 0. The summed E-state index contributed by atoms with van der Waals surface area (Å²) < 4.78 is 45.1. The van der Waals surface area contributed by atoms with Crippen LogP contribution in [0.15, 0.2) is 61.8 Å². The normalized spacial score (nSPS) is 9.12. The molecule has 0 aromatic rings. The number of thiol groups is 2. The summed E-state index contributed by atoms with van der Waals surface area (Å²) in [6.07, 6.45) is 32.9. The molecule has 0 saturated heterocycles. The Hall–Kier alpha value is -2.38. The van der Waals surface area contributed by atoms with E-state index in [1.54, 1.807) is 13.8 Å². The van der Waals surface area contributed by atoms with Crippen LogP contribution in [0.25, 0.3) is 0 Å². The number of esters is 3. The summed E-state index contributed by atoms with van der Waals surface area (Å²) in [4.78, 5) is 50.2. The van der Waals surface area contributed by atoms with Gasteiger partial charge in [0, 0.05) is 28.5 Å². The van der Waals surface area contributed by atoms with Gasteiger partial charge in [-0.25, -0.2) is 19.2 Å². The molecule has 18 heteroatoms. The van der Waals surface area contributed by atoms with Crippen LogP contribution in [-0.4, -0.2) is 89.4 Å². The molecular weight excluding hydrogens is 944 g/mol. The van der Waals surface area contributed by atoms with Gasteiger partial charge in [-0.2, -0.15) is 40.1 Å². The Morgan fingerprint density at radius 3 is 1.13 bits per heavy atom. The summed E-state index contributed by atoms with van der Waals surface area (Å²) in [5.74, 6) is -1.27. The minimum Gasteiger partial charge on any atom is -0.481 e. The second kappa shape index (κ2) is 73.6. The molecule has 0 rings (SSSR count). The van der Waals surface area contributed by atoms with E-state index >= 15 is 0 Å². The van der Waals surface area contributed by atoms with E-state index in [-0.39, 0.29) is 66.1 Å². The van der Waals surface area contributed by atoms with Crippen LogP contribution in [0, 0.1) is 6.92 Å². The van der Waals surface area contributed by atoms with Crippen LogP contribution < -0.4 is 29.6 Å². The summed E-state index contributed by atoms with van der Waals surface area (Å²) in [7, 11) is -3.34. The number of hydrogen-bond acceptors (Lipinski definition) is 12. The summed E-state index contributed by atoms with van der Waals surface area (Å²) in [6, 6.07) is 0. The van der Waals surface area contributed by atoms with E-state index in [1.807, 2.05) is 6.92 Å². The first-order valence-electron chi connectivity index (χ1n) is 23.2. The first-order valence-corrected chi connectivity index (χ1v) is 25.9. The molecular formula is C50H95NaO14S3. The molecule has 0 saturated carbocycles. The van der Waals surface area contributed by atoms with Crippen LogP contribution in [-0.2, 0) is 48.6 Å². The van der Waals surface area contributed by atoms with Crippen molar-refractivity contribution in [1.82, 2.24) is 0 Å². The number of carbonyl (C=O) groups is 5. The molecule has 0 bridgehead atoms. The third-order valence-electron chi connectivity index (χ3n) is 7.68. The topological polar surface area (TPSA) is 228 Å². The number of carboxylic acid groups (broad SMARTS) is 2. The van der Waals surface area contributed by atoms with Crippen molar-refractivity contribution in [2.75, 3.05) is 31.8 Å². The van der Waals surface area contributed by atoms with Gasteiger partial charge in [0.15, 0.2) is 0 Å². The Morgan fingerprint density at radius 2 is 0.926 bits per heavy atom. The zero-order valence-corrected chi connectivity index (χ0v) is 48.3. The Morgan fingerprint density at radius 1 is 0.588 bits per heavy atom. The zero-order valence-electron chi connectivity index (χ0n) is 43.7. The van der Waals surface area contributed by atoms with Gasteiger partial charge >= 0.3 is 69.8 Å². The van der Waals surface area contributed by atoms with Gasteiger partial charge in [0.05, 0.1) is 20.1 Å². The smallest absolute Gasteiger partial charge is 0.481 e.